The summed E-state index contributed by atoms with van der Waals surface area (Å²) < 4.78 is 13.0. The Morgan fingerprint density at radius 3 is 2.72 bits per heavy atom. The largest absolute Gasteiger partial charge is 0.389 e. The lowest BCUT2D eigenvalue weighted by Gasteiger charge is -2.46. The molecular weight excluding hydrogens is 229 g/mol. The summed E-state index contributed by atoms with van der Waals surface area (Å²) in [6, 6.07) is 7.09. The molecule has 1 saturated carbocycles. The van der Waals surface area contributed by atoms with Gasteiger partial charge in [-0.15, -0.1) is 0 Å². The number of rotatable bonds is 1. The Balaban J connectivity index is 1.88. The maximum Gasteiger partial charge on any atom is 0.123 e. The lowest BCUT2D eigenvalue weighted by atomic mass is 9.67. The van der Waals surface area contributed by atoms with Gasteiger partial charge in [0.15, 0.2) is 0 Å². The third-order valence-electron chi connectivity index (χ3n) is 4.75. The molecule has 0 bridgehead atoms. The third kappa shape index (κ3) is 2.06. The van der Waals surface area contributed by atoms with Gasteiger partial charge in [0.1, 0.15) is 11.9 Å². The summed E-state index contributed by atoms with van der Waals surface area (Å²) >= 11 is 0. The Morgan fingerprint density at radius 2 is 1.94 bits per heavy atom. The molecule has 1 aromatic rings. The van der Waals surface area contributed by atoms with E-state index in [4.69, 9.17) is 0 Å². The number of benzene rings is 1. The standard InChI is InChI=1S/C15H20FNO/c16-12-6-4-11(5-7-12)14-13-3-1-2-8-15(13,18)9-10-17-14/h4-7,13-14,17-18H,1-3,8-10H2/p+1/t13-,14-,15-/m0/s1. The van der Waals surface area contributed by atoms with Crippen molar-refractivity contribution in [1.82, 2.24) is 0 Å². The van der Waals surface area contributed by atoms with Crippen molar-refractivity contribution in [2.24, 2.45) is 5.92 Å². The summed E-state index contributed by atoms with van der Waals surface area (Å²) in [6.07, 6.45) is 5.27. The number of piperidine rings is 1. The van der Waals surface area contributed by atoms with Crippen LogP contribution in [0.5, 0.6) is 0 Å². The highest BCUT2D eigenvalue weighted by Gasteiger charge is 2.48. The van der Waals surface area contributed by atoms with E-state index >= 15 is 0 Å². The average Bonchev–Trinajstić information content (AvgIpc) is 2.38. The minimum atomic E-state index is -0.480. The number of hydrogen-bond acceptors (Lipinski definition) is 1. The van der Waals surface area contributed by atoms with Gasteiger partial charge in [-0.25, -0.2) is 4.39 Å². The molecule has 0 spiro atoms. The summed E-state index contributed by atoms with van der Waals surface area (Å²) in [6.45, 7) is 0.967. The molecule has 0 amide bonds. The quantitative estimate of drug-likeness (QED) is 0.783. The minimum Gasteiger partial charge on any atom is -0.389 e. The fourth-order valence-electron chi connectivity index (χ4n) is 3.80. The van der Waals surface area contributed by atoms with Gasteiger partial charge in [-0.1, -0.05) is 25.0 Å². The molecule has 3 heteroatoms. The van der Waals surface area contributed by atoms with Gasteiger partial charge >= 0.3 is 0 Å². The summed E-state index contributed by atoms with van der Waals surface area (Å²) in [5.74, 6) is 0.138. The Kier molecular flexibility index (Phi) is 3.12. The molecule has 3 rings (SSSR count). The van der Waals surface area contributed by atoms with E-state index in [1.54, 1.807) is 0 Å². The number of hydrogen-bond donors (Lipinski definition) is 2. The summed E-state index contributed by atoms with van der Waals surface area (Å²) in [5, 5.41) is 13.1. The zero-order chi connectivity index (χ0) is 12.6. The normalized spacial score (nSPS) is 36.1. The highest BCUT2D eigenvalue weighted by atomic mass is 19.1. The van der Waals surface area contributed by atoms with Crippen molar-refractivity contribution in [2.75, 3.05) is 6.54 Å². The maximum absolute atomic E-state index is 13.0. The van der Waals surface area contributed by atoms with Gasteiger partial charge < -0.3 is 10.4 Å². The van der Waals surface area contributed by atoms with Gasteiger partial charge in [0.05, 0.1) is 12.1 Å². The van der Waals surface area contributed by atoms with Gasteiger partial charge in [-0.05, 0) is 25.0 Å². The number of quaternary nitrogens is 1. The second-order valence-corrected chi connectivity index (χ2v) is 5.81. The van der Waals surface area contributed by atoms with Crippen LogP contribution < -0.4 is 5.32 Å². The van der Waals surface area contributed by atoms with Crippen LogP contribution in [-0.4, -0.2) is 17.3 Å². The Bertz CT molecular complexity index is 415. The fraction of sp³-hybridized carbons (Fsp3) is 0.600. The highest BCUT2D eigenvalue weighted by Crippen LogP contribution is 2.43. The monoisotopic (exact) mass is 250 g/mol. The molecule has 98 valence electrons. The molecule has 0 radical (unpaired) electrons. The zero-order valence-electron chi connectivity index (χ0n) is 10.6. The van der Waals surface area contributed by atoms with Crippen LogP contribution in [0, 0.1) is 11.7 Å². The molecular formula is C15H21FNO+. The number of halogens is 1. The second kappa shape index (κ2) is 4.63. The first kappa shape index (κ1) is 12.1. The molecule has 2 fully saturated rings. The lowest BCUT2D eigenvalue weighted by Crippen LogP contribution is -2.91. The van der Waals surface area contributed by atoms with Gasteiger partial charge in [0.25, 0.3) is 0 Å². The van der Waals surface area contributed by atoms with Crippen LogP contribution in [0.25, 0.3) is 0 Å². The van der Waals surface area contributed by atoms with Crippen molar-refractivity contribution < 1.29 is 14.8 Å². The molecule has 3 atom stereocenters. The van der Waals surface area contributed by atoms with Gasteiger partial charge in [-0.2, -0.15) is 0 Å². The van der Waals surface area contributed by atoms with E-state index in [0.29, 0.717) is 12.0 Å². The molecule has 1 heterocycles. The van der Waals surface area contributed by atoms with Crippen molar-refractivity contribution in [3.63, 3.8) is 0 Å². The van der Waals surface area contributed by atoms with E-state index in [1.807, 2.05) is 12.1 Å². The van der Waals surface area contributed by atoms with E-state index in [9.17, 15) is 9.50 Å². The van der Waals surface area contributed by atoms with Crippen LogP contribution in [0.4, 0.5) is 4.39 Å². The molecule has 1 aliphatic carbocycles. The van der Waals surface area contributed by atoms with Crippen molar-refractivity contribution in [2.45, 2.75) is 43.7 Å². The Morgan fingerprint density at radius 1 is 1.17 bits per heavy atom. The van der Waals surface area contributed by atoms with Crippen LogP contribution in [0.3, 0.4) is 0 Å². The molecule has 2 nitrogen and oxygen atoms in total. The molecule has 0 unspecified atom stereocenters. The van der Waals surface area contributed by atoms with Gasteiger partial charge in [0, 0.05) is 17.9 Å². The highest BCUT2D eigenvalue weighted by molar-refractivity contribution is 5.20. The predicted octanol–water partition coefficient (Wildman–Crippen LogP) is 1.76. The fourth-order valence-corrected chi connectivity index (χ4v) is 3.80. The minimum absolute atomic E-state index is 0.187. The van der Waals surface area contributed by atoms with Crippen molar-refractivity contribution in [1.29, 1.82) is 0 Å². The van der Waals surface area contributed by atoms with Crippen molar-refractivity contribution in [3.8, 4) is 0 Å². The van der Waals surface area contributed by atoms with E-state index in [0.717, 1.165) is 37.8 Å². The van der Waals surface area contributed by atoms with Crippen LogP contribution in [0.2, 0.25) is 0 Å². The van der Waals surface area contributed by atoms with E-state index in [2.05, 4.69) is 5.32 Å². The molecule has 18 heavy (non-hydrogen) atoms. The third-order valence-corrected chi connectivity index (χ3v) is 4.75. The first-order valence-corrected chi connectivity index (χ1v) is 7.00. The van der Waals surface area contributed by atoms with Crippen molar-refractivity contribution >= 4 is 0 Å². The van der Waals surface area contributed by atoms with Gasteiger partial charge in [-0.3, -0.25) is 0 Å². The summed E-state index contributed by atoms with van der Waals surface area (Å²) in [7, 11) is 0. The lowest BCUT2D eigenvalue weighted by molar-refractivity contribution is -0.719. The number of fused-ring (bicyclic) bond motifs is 1. The smallest absolute Gasteiger partial charge is 0.123 e. The molecule has 1 aliphatic heterocycles. The molecule has 1 aromatic carbocycles. The van der Waals surface area contributed by atoms with E-state index in [-0.39, 0.29) is 5.82 Å². The zero-order valence-corrected chi connectivity index (χ0v) is 10.6. The van der Waals surface area contributed by atoms with Crippen LogP contribution in [0.1, 0.15) is 43.7 Å². The Hall–Kier alpha value is -0.930. The maximum atomic E-state index is 13.0. The Labute approximate surface area is 107 Å². The van der Waals surface area contributed by atoms with Crippen LogP contribution in [-0.2, 0) is 0 Å². The predicted molar refractivity (Wildman–Crippen MR) is 67.5 cm³/mol. The van der Waals surface area contributed by atoms with Crippen LogP contribution in [0.15, 0.2) is 24.3 Å². The summed E-state index contributed by atoms with van der Waals surface area (Å²) in [4.78, 5) is 0. The SMILES string of the molecule is O[C@]12CCCC[C@H]1[C@H](c1ccc(F)cc1)[NH2+]CC2. The molecule has 3 N–H and O–H groups in total. The van der Waals surface area contributed by atoms with Crippen LogP contribution >= 0.6 is 0 Å². The second-order valence-electron chi connectivity index (χ2n) is 5.81. The molecule has 2 aliphatic rings. The molecule has 1 saturated heterocycles. The van der Waals surface area contributed by atoms with E-state index in [1.165, 1.54) is 18.6 Å². The number of nitrogens with two attached hydrogens (primary N) is 1. The first-order valence-electron chi connectivity index (χ1n) is 7.00. The topological polar surface area (TPSA) is 36.8 Å². The van der Waals surface area contributed by atoms with Gasteiger partial charge in [0.2, 0.25) is 0 Å². The van der Waals surface area contributed by atoms with Crippen molar-refractivity contribution in [3.05, 3.63) is 35.6 Å². The summed E-state index contributed by atoms with van der Waals surface area (Å²) in [5.41, 5.74) is 0.674. The first-order chi connectivity index (χ1) is 8.69. The average molecular weight is 250 g/mol. The number of aliphatic hydroxyl groups is 1. The molecule has 0 aromatic heterocycles. The van der Waals surface area contributed by atoms with E-state index < -0.39 is 5.60 Å².